The molecule has 0 aliphatic carbocycles. The lowest BCUT2D eigenvalue weighted by molar-refractivity contribution is -0.139. The molecule has 1 amide bonds. The molecule has 29 heavy (non-hydrogen) atoms. The fraction of sp³-hybridized carbons (Fsp3) is 0.381. The average molecular weight is 461 g/mol. The quantitative estimate of drug-likeness (QED) is 0.561. The summed E-state index contributed by atoms with van der Waals surface area (Å²) in [7, 11) is 0. The van der Waals surface area contributed by atoms with Crippen LogP contribution >= 0.6 is 15.9 Å². The molecular weight excluding hydrogens is 436 g/mol. The number of fused-ring (bicyclic) bond motifs is 1. The highest BCUT2D eigenvalue weighted by atomic mass is 79.9. The SMILES string of the molecule is C=CCN1C(=O)[C@](O)([C@H](C)/C=C/CCn2cc(CCO)nn2)c2cc(Br)ccc21. The Morgan fingerprint density at radius 2 is 2.21 bits per heavy atom. The van der Waals surface area contributed by atoms with E-state index < -0.39 is 11.5 Å². The Hall–Kier alpha value is -2.29. The van der Waals surface area contributed by atoms with Crippen molar-refractivity contribution >= 4 is 27.5 Å². The Balaban J connectivity index is 1.74. The van der Waals surface area contributed by atoms with Gasteiger partial charge in [-0.1, -0.05) is 46.3 Å². The van der Waals surface area contributed by atoms with Crippen LogP contribution in [0.3, 0.4) is 0 Å². The maximum Gasteiger partial charge on any atom is 0.264 e. The second-order valence-corrected chi connectivity index (χ2v) is 8.00. The van der Waals surface area contributed by atoms with Crippen LogP contribution in [-0.4, -0.2) is 44.3 Å². The first-order valence-electron chi connectivity index (χ1n) is 9.53. The molecule has 1 aliphatic heterocycles. The third-order valence-electron chi connectivity index (χ3n) is 5.11. The van der Waals surface area contributed by atoms with E-state index in [4.69, 9.17) is 5.11 Å². The van der Waals surface area contributed by atoms with E-state index in [1.54, 1.807) is 21.7 Å². The van der Waals surface area contributed by atoms with Crippen LogP contribution in [0.15, 0.2) is 53.7 Å². The van der Waals surface area contributed by atoms with Crippen molar-refractivity contribution in [2.75, 3.05) is 18.1 Å². The topological polar surface area (TPSA) is 91.5 Å². The number of nitrogens with zero attached hydrogens (tertiary/aromatic N) is 4. The van der Waals surface area contributed by atoms with Crippen molar-refractivity contribution in [1.29, 1.82) is 0 Å². The van der Waals surface area contributed by atoms with Crippen molar-refractivity contribution in [3.8, 4) is 0 Å². The van der Waals surface area contributed by atoms with Gasteiger partial charge in [-0.15, -0.1) is 11.7 Å². The first-order valence-corrected chi connectivity index (χ1v) is 10.3. The van der Waals surface area contributed by atoms with Crippen LogP contribution in [0.1, 0.15) is 24.6 Å². The van der Waals surface area contributed by atoms with Crippen molar-refractivity contribution < 1.29 is 15.0 Å². The number of benzene rings is 1. The maximum atomic E-state index is 13.1. The Labute approximate surface area is 178 Å². The van der Waals surface area contributed by atoms with E-state index in [2.05, 4.69) is 32.8 Å². The molecule has 2 N–H and O–H groups in total. The van der Waals surface area contributed by atoms with Gasteiger partial charge in [0.25, 0.3) is 5.91 Å². The number of hydrogen-bond acceptors (Lipinski definition) is 5. The summed E-state index contributed by atoms with van der Waals surface area (Å²) in [6.07, 6.45) is 8.43. The number of aliphatic hydroxyl groups excluding tert-OH is 1. The third-order valence-corrected chi connectivity index (χ3v) is 5.60. The second kappa shape index (κ2) is 9.02. The zero-order chi connectivity index (χ0) is 21.0. The molecule has 0 radical (unpaired) electrons. The zero-order valence-electron chi connectivity index (χ0n) is 16.3. The van der Waals surface area contributed by atoms with Crippen molar-refractivity contribution in [3.63, 3.8) is 0 Å². The summed E-state index contributed by atoms with van der Waals surface area (Å²) in [6, 6.07) is 5.50. The van der Waals surface area contributed by atoms with Gasteiger partial charge in [0.2, 0.25) is 0 Å². The van der Waals surface area contributed by atoms with Crippen molar-refractivity contribution in [2.24, 2.45) is 5.92 Å². The van der Waals surface area contributed by atoms with E-state index in [0.29, 0.717) is 37.2 Å². The number of allylic oxidation sites excluding steroid dienone is 1. The molecule has 1 aliphatic rings. The second-order valence-electron chi connectivity index (χ2n) is 7.08. The van der Waals surface area contributed by atoms with Gasteiger partial charge < -0.3 is 15.1 Å². The van der Waals surface area contributed by atoms with Gasteiger partial charge in [-0.25, -0.2) is 0 Å². The van der Waals surface area contributed by atoms with Crippen LogP contribution in [0.5, 0.6) is 0 Å². The normalized spacial score (nSPS) is 19.7. The number of rotatable bonds is 9. The lowest BCUT2D eigenvalue weighted by atomic mass is 9.83. The summed E-state index contributed by atoms with van der Waals surface area (Å²) in [5.74, 6) is -0.758. The fourth-order valence-corrected chi connectivity index (χ4v) is 3.91. The zero-order valence-corrected chi connectivity index (χ0v) is 17.9. The summed E-state index contributed by atoms with van der Waals surface area (Å²) in [6.45, 7) is 6.57. The molecule has 2 atom stereocenters. The van der Waals surface area contributed by atoms with E-state index in [1.807, 2.05) is 37.4 Å². The molecular formula is C21H25BrN4O3. The summed E-state index contributed by atoms with van der Waals surface area (Å²) < 4.78 is 2.53. The number of halogens is 1. The minimum absolute atomic E-state index is 0.0448. The van der Waals surface area contributed by atoms with Gasteiger partial charge >= 0.3 is 0 Å². The minimum atomic E-state index is -1.62. The van der Waals surface area contributed by atoms with Crippen LogP contribution in [0.4, 0.5) is 5.69 Å². The number of anilines is 1. The lowest BCUT2D eigenvalue weighted by Gasteiger charge is -2.27. The van der Waals surface area contributed by atoms with E-state index >= 15 is 0 Å². The van der Waals surface area contributed by atoms with E-state index in [9.17, 15) is 9.90 Å². The molecule has 0 fully saturated rings. The Morgan fingerprint density at radius 3 is 2.93 bits per heavy atom. The smallest absolute Gasteiger partial charge is 0.264 e. The Kier molecular flexibility index (Phi) is 6.66. The molecule has 7 nitrogen and oxygen atoms in total. The monoisotopic (exact) mass is 460 g/mol. The number of aliphatic hydroxyl groups is 2. The standard InChI is InChI=1S/C21H25BrN4O3/c1-3-10-26-19-8-7-16(22)13-18(19)21(29,20(26)28)15(2)6-4-5-11-25-14-17(9-12-27)23-24-25/h3-4,6-8,13-15,27,29H,1,5,9-12H2,2H3/b6-4+/t15-,21+/m1/s1. The molecule has 1 aromatic carbocycles. The van der Waals surface area contributed by atoms with E-state index in [-0.39, 0.29) is 12.5 Å². The third kappa shape index (κ3) is 4.19. The molecule has 0 saturated carbocycles. The van der Waals surface area contributed by atoms with Crippen LogP contribution in [0.25, 0.3) is 0 Å². The van der Waals surface area contributed by atoms with Crippen molar-refractivity contribution in [1.82, 2.24) is 15.0 Å². The van der Waals surface area contributed by atoms with Crippen LogP contribution < -0.4 is 4.90 Å². The molecule has 0 bridgehead atoms. The molecule has 2 heterocycles. The number of aryl methyl sites for hydroxylation is 1. The van der Waals surface area contributed by atoms with Crippen LogP contribution in [0.2, 0.25) is 0 Å². The average Bonchev–Trinajstić information content (AvgIpc) is 3.23. The Morgan fingerprint density at radius 1 is 1.41 bits per heavy atom. The molecule has 0 saturated heterocycles. The van der Waals surface area contributed by atoms with Gasteiger partial charge in [0.15, 0.2) is 5.60 Å². The highest BCUT2D eigenvalue weighted by Gasteiger charge is 2.52. The molecule has 154 valence electrons. The van der Waals surface area contributed by atoms with Gasteiger partial charge in [0.05, 0.1) is 11.4 Å². The summed E-state index contributed by atoms with van der Waals surface area (Å²) in [4.78, 5) is 14.6. The van der Waals surface area contributed by atoms with Gasteiger partial charge in [-0.05, 0) is 24.6 Å². The van der Waals surface area contributed by atoms with E-state index in [0.717, 1.165) is 10.2 Å². The number of carbonyl (C=O) groups is 1. The molecule has 0 unspecified atom stereocenters. The summed E-state index contributed by atoms with van der Waals surface area (Å²) >= 11 is 3.44. The first kappa shape index (κ1) is 21.4. The van der Waals surface area contributed by atoms with Gasteiger partial charge in [0.1, 0.15) is 0 Å². The van der Waals surface area contributed by atoms with Gasteiger partial charge in [-0.2, -0.15) is 0 Å². The lowest BCUT2D eigenvalue weighted by Crippen LogP contribution is -2.44. The predicted octanol–water partition coefficient (Wildman–Crippen LogP) is 2.58. The summed E-state index contributed by atoms with van der Waals surface area (Å²) in [5.41, 5.74) is 0.432. The Bertz CT molecular complexity index is 926. The number of carbonyl (C=O) groups excluding carboxylic acids is 1. The fourth-order valence-electron chi connectivity index (χ4n) is 3.55. The molecule has 2 aromatic rings. The maximum absolute atomic E-state index is 13.1. The molecule has 1 aromatic heterocycles. The largest absolute Gasteiger partial charge is 0.396 e. The highest BCUT2D eigenvalue weighted by molar-refractivity contribution is 9.10. The molecule has 8 heteroatoms. The number of amides is 1. The van der Waals surface area contributed by atoms with Crippen LogP contribution in [-0.2, 0) is 23.4 Å². The van der Waals surface area contributed by atoms with E-state index in [1.165, 1.54) is 0 Å². The molecule has 3 rings (SSSR count). The van der Waals surface area contributed by atoms with Crippen LogP contribution in [0, 0.1) is 5.92 Å². The van der Waals surface area contributed by atoms with Gasteiger partial charge in [-0.3, -0.25) is 9.48 Å². The van der Waals surface area contributed by atoms with Crippen molar-refractivity contribution in [3.05, 3.63) is 64.9 Å². The molecule has 0 spiro atoms. The van der Waals surface area contributed by atoms with Crippen molar-refractivity contribution in [2.45, 2.75) is 31.9 Å². The first-order chi connectivity index (χ1) is 13.9. The summed E-state index contributed by atoms with van der Waals surface area (Å²) in [5, 5.41) is 28.4. The van der Waals surface area contributed by atoms with Gasteiger partial charge in [0, 0.05) is 48.3 Å². The predicted molar refractivity (Wildman–Crippen MR) is 114 cm³/mol. The number of aromatic nitrogens is 3. The highest BCUT2D eigenvalue weighted by Crippen LogP contribution is 2.46. The number of hydrogen-bond donors (Lipinski definition) is 2. The minimum Gasteiger partial charge on any atom is -0.396 e.